The molecule has 27 heavy (non-hydrogen) atoms. The Morgan fingerprint density at radius 3 is 1.89 bits per heavy atom. The smallest absolute Gasteiger partial charge is 0.0419 e. The Hall–Kier alpha value is -1.76. The van der Waals surface area contributed by atoms with Gasteiger partial charge in [0.25, 0.3) is 0 Å². The van der Waals surface area contributed by atoms with Crippen molar-refractivity contribution in [2.24, 2.45) is 0 Å². The van der Waals surface area contributed by atoms with Gasteiger partial charge >= 0.3 is 0 Å². The summed E-state index contributed by atoms with van der Waals surface area (Å²) in [5, 5.41) is 3.68. The lowest BCUT2D eigenvalue weighted by molar-refractivity contribution is 0.621. The lowest BCUT2D eigenvalue weighted by atomic mass is 9.94. The maximum Gasteiger partial charge on any atom is 0.0419 e. The van der Waals surface area contributed by atoms with E-state index in [1.807, 2.05) is 0 Å². The molecule has 0 heterocycles. The van der Waals surface area contributed by atoms with Gasteiger partial charge in [0.2, 0.25) is 0 Å². The number of para-hydroxylation sites is 1. The Morgan fingerprint density at radius 2 is 1.22 bits per heavy atom. The first-order valence-electron chi connectivity index (χ1n) is 11.3. The second-order valence-electron chi connectivity index (χ2n) is 7.76. The molecule has 0 aliphatic carbocycles. The van der Waals surface area contributed by atoms with Crippen LogP contribution in [-0.2, 0) is 12.8 Å². The average Bonchev–Trinajstić information content (AvgIpc) is 2.70. The third-order valence-corrected chi connectivity index (χ3v) is 5.41. The molecule has 0 spiro atoms. The van der Waals surface area contributed by atoms with E-state index in [4.69, 9.17) is 0 Å². The Labute approximate surface area is 167 Å². The molecule has 0 radical (unpaired) electrons. The highest BCUT2D eigenvalue weighted by Gasteiger charge is 2.09. The summed E-state index contributed by atoms with van der Waals surface area (Å²) in [6, 6.07) is 17.4. The zero-order chi connectivity index (χ0) is 19.2. The van der Waals surface area contributed by atoms with Gasteiger partial charge in [-0.2, -0.15) is 0 Å². The van der Waals surface area contributed by atoms with E-state index in [9.17, 15) is 0 Å². The monoisotopic (exact) mass is 365 g/mol. The summed E-state index contributed by atoms with van der Waals surface area (Å²) in [5.74, 6) is 0. The highest BCUT2D eigenvalue weighted by atomic mass is 14.9. The number of anilines is 2. The number of hydrogen-bond donors (Lipinski definition) is 1. The fraction of sp³-hybridized carbons (Fsp3) is 0.538. The summed E-state index contributed by atoms with van der Waals surface area (Å²) >= 11 is 0. The van der Waals surface area contributed by atoms with Crippen LogP contribution in [0.3, 0.4) is 0 Å². The summed E-state index contributed by atoms with van der Waals surface area (Å²) < 4.78 is 0. The molecule has 1 nitrogen and oxygen atoms in total. The molecule has 0 aliphatic rings. The summed E-state index contributed by atoms with van der Waals surface area (Å²) in [4.78, 5) is 0. The first kappa shape index (κ1) is 21.5. The molecule has 0 fully saturated rings. The summed E-state index contributed by atoms with van der Waals surface area (Å²) in [5.41, 5.74) is 5.60. The van der Waals surface area contributed by atoms with Gasteiger partial charge in [0.05, 0.1) is 0 Å². The highest BCUT2D eigenvalue weighted by Crippen LogP contribution is 2.27. The van der Waals surface area contributed by atoms with E-state index in [-0.39, 0.29) is 0 Å². The van der Waals surface area contributed by atoms with Gasteiger partial charge in [-0.1, -0.05) is 95.5 Å². The lowest BCUT2D eigenvalue weighted by Crippen LogP contribution is -2.02. The largest absolute Gasteiger partial charge is 0.355 e. The molecule has 1 heteroatoms. The molecule has 2 aromatic rings. The predicted octanol–water partition coefficient (Wildman–Crippen LogP) is 8.46. The van der Waals surface area contributed by atoms with Gasteiger partial charge in [-0.25, -0.2) is 0 Å². The third-order valence-electron chi connectivity index (χ3n) is 5.41. The van der Waals surface area contributed by atoms with Gasteiger partial charge in [0, 0.05) is 11.4 Å². The van der Waals surface area contributed by atoms with Gasteiger partial charge in [0.1, 0.15) is 0 Å². The fourth-order valence-electron chi connectivity index (χ4n) is 3.78. The van der Waals surface area contributed by atoms with Crippen molar-refractivity contribution in [2.75, 3.05) is 5.32 Å². The summed E-state index contributed by atoms with van der Waals surface area (Å²) in [6.45, 7) is 4.57. The minimum absolute atomic E-state index is 1.19. The zero-order valence-corrected chi connectivity index (χ0v) is 17.6. The Kier molecular flexibility index (Phi) is 10.7. The molecular formula is C26H39N. The van der Waals surface area contributed by atoms with Gasteiger partial charge in [-0.3, -0.25) is 0 Å². The van der Waals surface area contributed by atoms with E-state index in [1.54, 1.807) is 11.1 Å². The van der Waals surface area contributed by atoms with Crippen LogP contribution in [0.4, 0.5) is 11.4 Å². The van der Waals surface area contributed by atoms with Crippen LogP contribution in [0, 0.1) is 0 Å². The van der Waals surface area contributed by atoms with E-state index in [2.05, 4.69) is 67.7 Å². The highest BCUT2D eigenvalue weighted by molar-refractivity contribution is 5.64. The summed E-state index contributed by atoms with van der Waals surface area (Å²) in [7, 11) is 0. The normalized spacial score (nSPS) is 10.9. The molecule has 0 aliphatic heterocycles. The van der Waals surface area contributed by atoms with Crippen molar-refractivity contribution in [3.63, 3.8) is 0 Å². The maximum atomic E-state index is 3.68. The Morgan fingerprint density at radius 1 is 0.593 bits per heavy atom. The van der Waals surface area contributed by atoms with Crippen LogP contribution < -0.4 is 5.32 Å². The molecule has 0 saturated carbocycles. The van der Waals surface area contributed by atoms with Crippen LogP contribution in [0.1, 0.15) is 89.2 Å². The maximum absolute atomic E-state index is 3.68. The standard InChI is InChI=1S/C26H39N/c1-3-5-7-9-12-17-23-18-16-22-26(27-24-19-13-11-14-20-24)25(23)21-15-10-8-6-4-2/h11,13-14,16,18-20,22,27H,3-10,12,15,17,21H2,1-2H3. The average molecular weight is 366 g/mol. The van der Waals surface area contributed by atoms with Gasteiger partial charge < -0.3 is 5.32 Å². The lowest BCUT2D eigenvalue weighted by Gasteiger charge is -2.17. The molecule has 0 unspecified atom stereocenters. The number of rotatable bonds is 14. The Bertz CT molecular complexity index is 617. The second kappa shape index (κ2) is 13.4. The van der Waals surface area contributed by atoms with E-state index in [0.717, 1.165) is 0 Å². The fourth-order valence-corrected chi connectivity index (χ4v) is 3.78. The molecule has 1 N–H and O–H groups in total. The van der Waals surface area contributed by atoms with E-state index in [1.165, 1.54) is 88.4 Å². The van der Waals surface area contributed by atoms with Crippen molar-refractivity contribution in [1.82, 2.24) is 0 Å². The van der Waals surface area contributed by atoms with Gasteiger partial charge in [-0.15, -0.1) is 0 Å². The summed E-state index contributed by atoms with van der Waals surface area (Å²) in [6.07, 6.45) is 15.9. The molecule has 0 aromatic heterocycles. The molecule has 0 atom stereocenters. The number of aryl methyl sites for hydroxylation is 1. The molecule has 2 aromatic carbocycles. The van der Waals surface area contributed by atoms with E-state index < -0.39 is 0 Å². The van der Waals surface area contributed by atoms with Crippen LogP contribution in [-0.4, -0.2) is 0 Å². The molecule has 148 valence electrons. The minimum atomic E-state index is 1.19. The first-order valence-corrected chi connectivity index (χ1v) is 11.3. The van der Waals surface area contributed by atoms with Crippen LogP contribution in [0.2, 0.25) is 0 Å². The van der Waals surface area contributed by atoms with Crippen LogP contribution in [0.15, 0.2) is 48.5 Å². The topological polar surface area (TPSA) is 12.0 Å². The minimum Gasteiger partial charge on any atom is -0.355 e. The van der Waals surface area contributed by atoms with Crippen LogP contribution >= 0.6 is 0 Å². The second-order valence-corrected chi connectivity index (χ2v) is 7.76. The van der Waals surface area contributed by atoms with Crippen molar-refractivity contribution in [3.05, 3.63) is 59.7 Å². The van der Waals surface area contributed by atoms with Gasteiger partial charge in [0.15, 0.2) is 0 Å². The number of benzene rings is 2. The SMILES string of the molecule is CCCCCCCc1cccc(Nc2ccccc2)c1CCCCCCC. The van der Waals surface area contributed by atoms with Crippen LogP contribution in [0.5, 0.6) is 0 Å². The predicted molar refractivity (Wildman–Crippen MR) is 121 cm³/mol. The Balaban J connectivity index is 2.04. The molecule has 2 rings (SSSR count). The zero-order valence-electron chi connectivity index (χ0n) is 17.6. The van der Waals surface area contributed by atoms with Crippen molar-refractivity contribution >= 4 is 11.4 Å². The third kappa shape index (κ3) is 8.20. The van der Waals surface area contributed by atoms with Crippen molar-refractivity contribution < 1.29 is 0 Å². The molecule has 0 bridgehead atoms. The number of unbranched alkanes of at least 4 members (excludes halogenated alkanes) is 8. The van der Waals surface area contributed by atoms with Crippen molar-refractivity contribution in [1.29, 1.82) is 0 Å². The van der Waals surface area contributed by atoms with Crippen molar-refractivity contribution in [3.8, 4) is 0 Å². The number of hydrogen-bond acceptors (Lipinski definition) is 1. The van der Waals surface area contributed by atoms with Crippen molar-refractivity contribution in [2.45, 2.75) is 90.9 Å². The van der Waals surface area contributed by atoms with Crippen LogP contribution in [0.25, 0.3) is 0 Å². The number of nitrogens with one attached hydrogen (secondary N) is 1. The first-order chi connectivity index (χ1) is 13.3. The molecule has 0 saturated heterocycles. The molecular weight excluding hydrogens is 326 g/mol. The van der Waals surface area contributed by atoms with E-state index >= 15 is 0 Å². The molecule has 0 amide bonds. The van der Waals surface area contributed by atoms with E-state index in [0.29, 0.717) is 0 Å². The van der Waals surface area contributed by atoms with Gasteiger partial charge in [-0.05, 0) is 55.0 Å². The quantitative estimate of drug-likeness (QED) is 0.331.